The molecule has 1 saturated heterocycles. The summed E-state index contributed by atoms with van der Waals surface area (Å²) in [5, 5.41) is 0. The molecule has 0 aromatic heterocycles. The molecule has 3 rings (SSSR count). The van der Waals surface area contributed by atoms with Gasteiger partial charge in [0.05, 0.1) is 10.8 Å². The van der Waals surface area contributed by atoms with Crippen molar-refractivity contribution in [3.8, 4) is 0 Å². The van der Waals surface area contributed by atoms with Gasteiger partial charge in [-0.25, -0.2) is 17.2 Å². The first-order valence-corrected chi connectivity index (χ1v) is 11.1. The van der Waals surface area contributed by atoms with Crippen LogP contribution in [0, 0.1) is 11.6 Å². The number of nitrogens with zero attached hydrogens (tertiary/aromatic N) is 2. The second kappa shape index (κ2) is 9.00. The molecular weight excluding hydrogens is 398 g/mol. The smallest absolute Gasteiger partial charge is 0.243 e. The predicted molar refractivity (Wildman–Crippen MR) is 106 cm³/mol. The number of amides is 1. The minimum Gasteiger partial charge on any atom is -0.340 e. The molecule has 1 atom stereocenters. The summed E-state index contributed by atoms with van der Waals surface area (Å²) in [4.78, 5) is 14.5. The van der Waals surface area contributed by atoms with E-state index in [0.29, 0.717) is 6.07 Å². The van der Waals surface area contributed by atoms with Crippen LogP contribution in [-0.2, 0) is 14.8 Å². The molecule has 1 amide bonds. The number of hydrogen-bond donors (Lipinski definition) is 0. The Hall–Kier alpha value is -2.32. The van der Waals surface area contributed by atoms with Crippen molar-refractivity contribution >= 4 is 15.9 Å². The third-order valence-electron chi connectivity index (χ3n) is 5.16. The molecule has 0 spiro atoms. The largest absolute Gasteiger partial charge is 0.340 e. The Morgan fingerprint density at radius 3 is 2.24 bits per heavy atom. The van der Waals surface area contributed by atoms with Crippen LogP contribution >= 0.6 is 0 Å². The van der Waals surface area contributed by atoms with E-state index in [0.717, 1.165) is 30.5 Å². The van der Waals surface area contributed by atoms with Gasteiger partial charge in [-0.1, -0.05) is 43.7 Å². The Kier molecular flexibility index (Phi) is 6.64. The quantitative estimate of drug-likeness (QED) is 0.717. The van der Waals surface area contributed by atoms with Crippen molar-refractivity contribution in [2.45, 2.75) is 30.6 Å². The van der Waals surface area contributed by atoms with Gasteiger partial charge in [0.1, 0.15) is 0 Å². The van der Waals surface area contributed by atoms with E-state index in [1.165, 1.54) is 4.31 Å². The van der Waals surface area contributed by atoms with Crippen molar-refractivity contribution in [3.05, 3.63) is 65.7 Å². The van der Waals surface area contributed by atoms with Crippen LogP contribution in [0.25, 0.3) is 0 Å². The number of carbonyl (C=O) groups excluding carboxylic acids is 1. The Morgan fingerprint density at radius 1 is 1.00 bits per heavy atom. The van der Waals surface area contributed by atoms with Crippen LogP contribution in [0.4, 0.5) is 8.78 Å². The zero-order valence-electron chi connectivity index (χ0n) is 16.2. The van der Waals surface area contributed by atoms with E-state index >= 15 is 0 Å². The van der Waals surface area contributed by atoms with Crippen molar-refractivity contribution in [2.75, 3.05) is 26.2 Å². The molecule has 1 aliphatic heterocycles. The molecule has 0 N–H and O–H groups in total. The molecule has 2 aromatic rings. The molecule has 2 aromatic carbocycles. The lowest BCUT2D eigenvalue weighted by Crippen LogP contribution is -2.51. The first kappa shape index (κ1) is 21.4. The molecule has 0 radical (unpaired) electrons. The van der Waals surface area contributed by atoms with Gasteiger partial charge in [-0.05, 0) is 30.2 Å². The van der Waals surface area contributed by atoms with E-state index in [-0.39, 0.29) is 42.9 Å². The van der Waals surface area contributed by atoms with Gasteiger partial charge in [0.25, 0.3) is 0 Å². The van der Waals surface area contributed by atoms with Gasteiger partial charge in [-0.3, -0.25) is 4.79 Å². The molecule has 1 fully saturated rings. The highest BCUT2D eigenvalue weighted by Gasteiger charge is 2.33. The maximum atomic E-state index is 13.5. The van der Waals surface area contributed by atoms with Crippen LogP contribution in [-0.4, -0.2) is 49.7 Å². The molecule has 8 heteroatoms. The summed E-state index contributed by atoms with van der Waals surface area (Å²) in [6.45, 7) is 2.76. The number of hydrogen-bond acceptors (Lipinski definition) is 3. The standard InChI is InChI=1S/C21H24F2N2O3S/c1-2-6-18(16-7-4-3-5-8-16)21(26)24-11-13-25(14-12-24)29(27,28)17-9-10-19(22)20(23)15-17/h3-5,7-10,15,18H,2,6,11-14H2,1H3. The first-order valence-electron chi connectivity index (χ1n) is 9.63. The topological polar surface area (TPSA) is 57.7 Å². The van der Waals surface area contributed by atoms with Crippen LogP contribution in [0.5, 0.6) is 0 Å². The fourth-order valence-electron chi connectivity index (χ4n) is 3.56. The van der Waals surface area contributed by atoms with Crippen molar-refractivity contribution < 1.29 is 22.0 Å². The minimum absolute atomic E-state index is 0.0112. The highest BCUT2D eigenvalue weighted by molar-refractivity contribution is 7.89. The number of halogens is 2. The maximum absolute atomic E-state index is 13.5. The SMILES string of the molecule is CCCC(C(=O)N1CCN(S(=O)(=O)c2ccc(F)c(F)c2)CC1)c1ccccc1. The fourth-order valence-corrected chi connectivity index (χ4v) is 5.00. The lowest BCUT2D eigenvalue weighted by molar-refractivity contribution is -0.134. The highest BCUT2D eigenvalue weighted by Crippen LogP contribution is 2.26. The molecule has 1 aliphatic rings. The van der Waals surface area contributed by atoms with Gasteiger partial charge in [-0.2, -0.15) is 4.31 Å². The molecular formula is C21H24F2N2O3S. The van der Waals surface area contributed by atoms with Crippen molar-refractivity contribution in [1.29, 1.82) is 0 Å². The average Bonchev–Trinajstić information content (AvgIpc) is 2.74. The summed E-state index contributed by atoms with van der Waals surface area (Å²) in [6.07, 6.45) is 1.58. The lowest BCUT2D eigenvalue weighted by atomic mass is 9.93. The Labute approximate surface area is 170 Å². The summed E-state index contributed by atoms with van der Waals surface area (Å²) in [5.74, 6) is -2.56. The first-order chi connectivity index (χ1) is 13.8. The Balaban J connectivity index is 1.70. The Bertz CT molecular complexity index is 959. The fraction of sp³-hybridized carbons (Fsp3) is 0.381. The minimum atomic E-state index is -3.94. The van der Waals surface area contributed by atoms with Gasteiger partial charge >= 0.3 is 0 Å². The van der Waals surface area contributed by atoms with E-state index in [4.69, 9.17) is 0 Å². The molecule has 1 unspecified atom stereocenters. The van der Waals surface area contributed by atoms with E-state index in [2.05, 4.69) is 0 Å². The second-order valence-corrected chi connectivity index (χ2v) is 9.00. The molecule has 156 valence electrons. The zero-order valence-corrected chi connectivity index (χ0v) is 17.0. The third-order valence-corrected chi connectivity index (χ3v) is 7.05. The number of sulfonamides is 1. The molecule has 29 heavy (non-hydrogen) atoms. The number of rotatable bonds is 6. The lowest BCUT2D eigenvalue weighted by Gasteiger charge is -2.36. The average molecular weight is 422 g/mol. The van der Waals surface area contributed by atoms with Crippen LogP contribution in [0.1, 0.15) is 31.2 Å². The van der Waals surface area contributed by atoms with Crippen LogP contribution in [0.15, 0.2) is 53.4 Å². The summed E-state index contributed by atoms with van der Waals surface area (Å²) < 4.78 is 53.2. The van der Waals surface area contributed by atoms with Crippen molar-refractivity contribution in [2.24, 2.45) is 0 Å². The summed E-state index contributed by atoms with van der Waals surface area (Å²) >= 11 is 0. The Morgan fingerprint density at radius 2 is 1.66 bits per heavy atom. The summed E-state index contributed by atoms with van der Waals surface area (Å²) in [6, 6.07) is 12.1. The number of benzene rings is 2. The van der Waals surface area contributed by atoms with Gasteiger partial charge in [0.15, 0.2) is 11.6 Å². The van der Waals surface area contributed by atoms with Crippen molar-refractivity contribution in [1.82, 2.24) is 9.21 Å². The summed E-state index contributed by atoms with van der Waals surface area (Å²) in [5.41, 5.74) is 0.955. The zero-order chi connectivity index (χ0) is 21.0. The molecule has 0 aliphatic carbocycles. The van der Waals surface area contributed by atoms with Crippen LogP contribution in [0.3, 0.4) is 0 Å². The molecule has 1 heterocycles. The second-order valence-electron chi connectivity index (χ2n) is 7.06. The molecule has 0 bridgehead atoms. The van der Waals surface area contributed by atoms with Gasteiger partial charge < -0.3 is 4.90 Å². The van der Waals surface area contributed by atoms with Gasteiger partial charge in [0.2, 0.25) is 15.9 Å². The highest BCUT2D eigenvalue weighted by atomic mass is 32.2. The van der Waals surface area contributed by atoms with E-state index in [1.54, 1.807) is 4.90 Å². The van der Waals surface area contributed by atoms with Crippen LogP contribution < -0.4 is 0 Å². The van der Waals surface area contributed by atoms with Gasteiger partial charge in [-0.15, -0.1) is 0 Å². The molecule has 0 saturated carbocycles. The van der Waals surface area contributed by atoms with E-state index < -0.39 is 21.7 Å². The molecule has 5 nitrogen and oxygen atoms in total. The third kappa shape index (κ3) is 4.64. The van der Waals surface area contributed by atoms with Crippen molar-refractivity contribution in [3.63, 3.8) is 0 Å². The summed E-state index contributed by atoms with van der Waals surface area (Å²) in [7, 11) is -3.94. The van der Waals surface area contributed by atoms with E-state index in [1.807, 2.05) is 37.3 Å². The number of carbonyl (C=O) groups is 1. The van der Waals surface area contributed by atoms with Crippen LogP contribution in [0.2, 0.25) is 0 Å². The van der Waals surface area contributed by atoms with Gasteiger partial charge in [0, 0.05) is 26.2 Å². The predicted octanol–water partition coefficient (Wildman–Crippen LogP) is 3.38. The monoisotopic (exact) mass is 422 g/mol. The van der Waals surface area contributed by atoms with E-state index in [9.17, 15) is 22.0 Å². The number of piperazine rings is 1. The maximum Gasteiger partial charge on any atom is 0.243 e. The normalized spacial score (nSPS) is 16.6.